The molecule has 0 aliphatic heterocycles. The molecule has 0 saturated heterocycles. The van der Waals surface area contributed by atoms with E-state index in [0.717, 1.165) is 11.3 Å². The van der Waals surface area contributed by atoms with Crippen LogP contribution >= 0.6 is 0 Å². The molecule has 0 unspecified atom stereocenters. The third kappa shape index (κ3) is 3.84. The summed E-state index contributed by atoms with van der Waals surface area (Å²) in [6, 6.07) is 14.8. The Kier molecular flexibility index (Phi) is 4.75. The minimum absolute atomic E-state index is 0.273. The molecule has 0 amide bonds. The van der Waals surface area contributed by atoms with Crippen molar-refractivity contribution < 1.29 is 4.39 Å². The molecule has 0 aromatic heterocycles. The van der Waals surface area contributed by atoms with Crippen molar-refractivity contribution in [1.82, 2.24) is 0 Å². The van der Waals surface area contributed by atoms with Gasteiger partial charge in [0.05, 0.1) is 6.54 Å². The van der Waals surface area contributed by atoms with Crippen LogP contribution in [0.1, 0.15) is 11.1 Å². The minimum atomic E-state index is -0.273. The van der Waals surface area contributed by atoms with Gasteiger partial charge >= 0.3 is 0 Å². The molecule has 2 N–H and O–H groups in total. The molecule has 2 nitrogen and oxygen atoms in total. The number of nitrogens with zero attached hydrogens (tertiary/aromatic N) is 1. The van der Waals surface area contributed by atoms with Crippen LogP contribution < -0.4 is 10.6 Å². The van der Waals surface area contributed by atoms with E-state index in [0.29, 0.717) is 12.1 Å². The Bertz CT molecular complexity index is 626. The molecular weight excluding hydrogens is 251 g/mol. The molecule has 2 rings (SSSR count). The monoisotopic (exact) mass is 268 g/mol. The normalized spacial score (nSPS) is 9.75. The number of hydrogen-bond donors (Lipinski definition) is 1. The van der Waals surface area contributed by atoms with Crippen molar-refractivity contribution in [2.24, 2.45) is 5.73 Å². The van der Waals surface area contributed by atoms with Crippen molar-refractivity contribution in [2.75, 3.05) is 18.5 Å². The van der Waals surface area contributed by atoms with Gasteiger partial charge < -0.3 is 10.6 Å². The zero-order chi connectivity index (χ0) is 14.4. The van der Waals surface area contributed by atoms with Gasteiger partial charge in [-0.15, -0.1) is 0 Å². The highest BCUT2D eigenvalue weighted by Gasteiger charge is 2.04. The minimum Gasteiger partial charge on any atom is -0.370 e. The summed E-state index contributed by atoms with van der Waals surface area (Å²) in [4.78, 5) is 2.06. The first-order chi connectivity index (χ1) is 9.69. The van der Waals surface area contributed by atoms with Gasteiger partial charge in [-0.05, 0) is 35.9 Å². The van der Waals surface area contributed by atoms with Crippen LogP contribution in [0.2, 0.25) is 0 Å². The molecule has 20 heavy (non-hydrogen) atoms. The summed E-state index contributed by atoms with van der Waals surface area (Å²) in [7, 11) is 1.98. The third-order valence-corrected chi connectivity index (χ3v) is 2.91. The number of para-hydroxylation sites is 1. The lowest BCUT2D eigenvalue weighted by atomic mass is 10.1. The van der Waals surface area contributed by atoms with E-state index in [2.05, 4.69) is 16.7 Å². The fraction of sp³-hybridized carbons (Fsp3) is 0.176. The fourth-order valence-electron chi connectivity index (χ4n) is 2.01. The van der Waals surface area contributed by atoms with Gasteiger partial charge in [-0.2, -0.15) is 0 Å². The Labute approximate surface area is 119 Å². The summed E-state index contributed by atoms with van der Waals surface area (Å²) < 4.78 is 13.6. The first-order valence-electron chi connectivity index (χ1n) is 6.43. The molecule has 0 heterocycles. The predicted molar refractivity (Wildman–Crippen MR) is 80.9 cm³/mol. The molecule has 0 aliphatic carbocycles. The highest BCUT2D eigenvalue weighted by molar-refractivity contribution is 5.46. The molecule has 0 aliphatic rings. The van der Waals surface area contributed by atoms with Crippen molar-refractivity contribution in [3.8, 4) is 11.8 Å². The zero-order valence-electron chi connectivity index (χ0n) is 11.4. The van der Waals surface area contributed by atoms with E-state index in [1.807, 2.05) is 43.4 Å². The van der Waals surface area contributed by atoms with Crippen LogP contribution in [0.5, 0.6) is 0 Å². The molecular formula is C17H17FN2. The zero-order valence-corrected chi connectivity index (χ0v) is 11.4. The smallest absolute Gasteiger partial charge is 0.124 e. The van der Waals surface area contributed by atoms with Crippen molar-refractivity contribution in [3.63, 3.8) is 0 Å². The molecule has 2 aromatic rings. The maximum Gasteiger partial charge on any atom is 0.124 e. The van der Waals surface area contributed by atoms with Crippen molar-refractivity contribution in [1.29, 1.82) is 0 Å². The fourth-order valence-corrected chi connectivity index (χ4v) is 2.01. The second kappa shape index (κ2) is 6.74. The standard InChI is InChI=1S/C17H17FN2/c1-20(17-7-3-2-4-8-17)13-15-10-14(6-5-9-19)11-16(18)12-15/h2-4,7-8,10-12H,9,13,19H2,1H3. The average Bonchev–Trinajstić information content (AvgIpc) is 2.45. The molecule has 0 bridgehead atoms. The molecule has 0 spiro atoms. The van der Waals surface area contributed by atoms with E-state index in [1.165, 1.54) is 12.1 Å². The Hall–Kier alpha value is -2.31. The maximum absolute atomic E-state index is 13.6. The van der Waals surface area contributed by atoms with Crippen LogP contribution in [0, 0.1) is 17.7 Å². The number of rotatable bonds is 3. The van der Waals surface area contributed by atoms with Gasteiger partial charge in [0.25, 0.3) is 0 Å². The predicted octanol–water partition coefficient (Wildman–Crippen LogP) is 2.77. The molecule has 0 radical (unpaired) electrons. The second-order valence-corrected chi connectivity index (χ2v) is 4.55. The average molecular weight is 268 g/mol. The lowest BCUT2D eigenvalue weighted by molar-refractivity contribution is 0.624. The molecule has 2 aromatic carbocycles. The topological polar surface area (TPSA) is 29.3 Å². The lowest BCUT2D eigenvalue weighted by Crippen LogP contribution is -2.16. The molecule has 0 atom stereocenters. The SMILES string of the molecule is CN(Cc1cc(F)cc(C#CCN)c1)c1ccccc1. The van der Waals surface area contributed by atoms with Crippen LogP contribution in [-0.2, 0) is 6.54 Å². The summed E-state index contributed by atoms with van der Waals surface area (Å²) >= 11 is 0. The first kappa shape index (κ1) is 14.1. The van der Waals surface area contributed by atoms with Gasteiger partial charge in [0.2, 0.25) is 0 Å². The third-order valence-electron chi connectivity index (χ3n) is 2.91. The number of nitrogens with two attached hydrogens (primary N) is 1. The van der Waals surface area contributed by atoms with Gasteiger partial charge in [-0.1, -0.05) is 30.0 Å². The Morgan fingerprint density at radius 2 is 1.90 bits per heavy atom. The van der Waals surface area contributed by atoms with Crippen LogP contribution in [0.15, 0.2) is 48.5 Å². The van der Waals surface area contributed by atoms with E-state index in [-0.39, 0.29) is 12.4 Å². The molecule has 102 valence electrons. The van der Waals surface area contributed by atoms with Gasteiger partial charge in [0, 0.05) is 24.8 Å². The number of halogens is 1. The first-order valence-corrected chi connectivity index (χ1v) is 6.43. The van der Waals surface area contributed by atoms with Crippen LogP contribution in [0.25, 0.3) is 0 Å². The number of anilines is 1. The van der Waals surface area contributed by atoms with Crippen LogP contribution in [-0.4, -0.2) is 13.6 Å². The van der Waals surface area contributed by atoms with E-state index in [4.69, 9.17) is 5.73 Å². The Balaban J connectivity index is 2.19. The highest BCUT2D eigenvalue weighted by atomic mass is 19.1. The largest absolute Gasteiger partial charge is 0.370 e. The summed E-state index contributed by atoms with van der Waals surface area (Å²) in [6.45, 7) is 0.898. The number of hydrogen-bond acceptors (Lipinski definition) is 2. The van der Waals surface area contributed by atoms with Crippen molar-refractivity contribution in [2.45, 2.75) is 6.54 Å². The van der Waals surface area contributed by atoms with E-state index in [1.54, 1.807) is 0 Å². The lowest BCUT2D eigenvalue weighted by Gasteiger charge is -2.19. The molecule has 0 saturated carbocycles. The summed E-state index contributed by atoms with van der Waals surface area (Å²) in [5, 5.41) is 0. The van der Waals surface area contributed by atoms with Crippen molar-refractivity contribution in [3.05, 3.63) is 65.5 Å². The van der Waals surface area contributed by atoms with E-state index >= 15 is 0 Å². The van der Waals surface area contributed by atoms with E-state index in [9.17, 15) is 4.39 Å². The van der Waals surface area contributed by atoms with Gasteiger partial charge in [0.1, 0.15) is 5.82 Å². The summed E-state index contributed by atoms with van der Waals surface area (Å²) in [5.74, 6) is 5.33. The highest BCUT2D eigenvalue weighted by Crippen LogP contribution is 2.16. The molecule has 0 fully saturated rings. The van der Waals surface area contributed by atoms with Crippen LogP contribution in [0.3, 0.4) is 0 Å². The van der Waals surface area contributed by atoms with Crippen molar-refractivity contribution >= 4 is 5.69 Å². The molecule has 3 heteroatoms. The second-order valence-electron chi connectivity index (χ2n) is 4.55. The Morgan fingerprint density at radius 3 is 2.60 bits per heavy atom. The summed E-state index contributed by atoms with van der Waals surface area (Å²) in [6.07, 6.45) is 0. The van der Waals surface area contributed by atoms with Gasteiger partial charge in [-0.25, -0.2) is 4.39 Å². The quantitative estimate of drug-likeness (QED) is 0.867. The summed E-state index contributed by atoms with van der Waals surface area (Å²) in [5.41, 5.74) is 7.97. The van der Waals surface area contributed by atoms with E-state index < -0.39 is 0 Å². The van der Waals surface area contributed by atoms with Gasteiger partial charge in [-0.3, -0.25) is 0 Å². The van der Waals surface area contributed by atoms with Gasteiger partial charge in [0.15, 0.2) is 0 Å². The number of benzene rings is 2. The van der Waals surface area contributed by atoms with Crippen LogP contribution in [0.4, 0.5) is 10.1 Å². The Morgan fingerprint density at radius 1 is 1.15 bits per heavy atom. The maximum atomic E-state index is 13.6.